The van der Waals surface area contributed by atoms with Gasteiger partial charge in [0.15, 0.2) is 0 Å². The molecule has 0 aliphatic heterocycles. The molecule has 2 aromatic heterocycles. The molecule has 96 valence electrons. The second-order valence-electron chi connectivity index (χ2n) is 4.11. The van der Waals surface area contributed by atoms with E-state index in [1.807, 2.05) is 6.92 Å². The van der Waals surface area contributed by atoms with E-state index in [1.54, 1.807) is 13.8 Å². The van der Waals surface area contributed by atoms with E-state index in [2.05, 4.69) is 5.16 Å². The largest absolute Gasteiger partial charge is 0.361 e. The van der Waals surface area contributed by atoms with Gasteiger partial charge in [-0.1, -0.05) is 5.16 Å². The zero-order valence-corrected chi connectivity index (χ0v) is 10.6. The van der Waals surface area contributed by atoms with Crippen molar-refractivity contribution in [3.63, 3.8) is 0 Å². The van der Waals surface area contributed by atoms with Crippen LogP contribution in [-0.4, -0.2) is 14.3 Å². The standard InChI is InChI=1S/C12H15N3O3/c1-4-14-6-5-11(16)15(12(14)17)7-10-8(2)13-18-9(10)3/h5-6H,4,7H2,1-3H3. The summed E-state index contributed by atoms with van der Waals surface area (Å²) in [6, 6.07) is 1.39. The van der Waals surface area contributed by atoms with Gasteiger partial charge in [0.05, 0.1) is 12.2 Å². The average Bonchev–Trinajstić information content (AvgIpc) is 2.65. The van der Waals surface area contributed by atoms with Crippen LogP contribution in [0.15, 0.2) is 26.4 Å². The third kappa shape index (κ3) is 2.01. The Morgan fingerprint density at radius 2 is 2.06 bits per heavy atom. The SMILES string of the molecule is CCn1ccc(=O)n(Cc2c(C)noc2C)c1=O. The zero-order chi connectivity index (χ0) is 13.3. The maximum absolute atomic E-state index is 12.0. The van der Waals surface area contributed by atoms with Crippen molar-refractivity contribution in [3.8, 4) is 0 Å². The van der Waals surface area contributed by atoms with E-state index < -0.39 is 0 Å². The highest BCUT2D eigenvalue weighted by atomic mass is 16.5. The molecule has 0 bridgehead atoms. The minimum atomic E-state index is -0.315. The van der Waals surface area contributed by atoms with Gasteiger partial charge in [0.25, 0.3) is 5.56 Å². The van der Waals surface area contributed by atoms with Gasteiger partial charge >= 0.3 is 5.69 Å². The molecule has 0 amide bonds. The quantitative estimate of drug-likeness (QED) is 0.802. The van der Waals surface area contributed by atoms with Crippen molar-refractivity contribution in [2.75, 3.05) is 0 Å². The fourth-order valence-corrected chi connectivity index (χ4v) is 1.83. The maximum atomic E-state index is 12.0. The third-order valence-corrected chi connectivity index (χ3v) is 2.98. The molecule has 0 saturated carbocycles. The molecule has 6 nitrogen and oxygen atoms in total. The fourth-order valence-electron chi connectivity index (χ4n) is 1.83. The van der Waals surface area contributed by atoms with Crippen LogP contribution in [0.2, 0.25) is 0 Å². The lowest BCUT2D eigenvalue weighted by Gasteiger charge is -2.07. The van der Waals surface area contributed by atoms with E-state index in [4.69, 9.17) is 4.52 Å². The molecular weight excluding hydrogens is 234 g/mol. The lowest BCUT2D eigenvalue weighted by atomic mass is 10.2. The number of hydrogen-bond acceptors (Lipinski definition) is 4. The van der Waals surface area contributed by atoms with Crippen molar-refractivity contribution in [3.05, 3.63) is 50.1 Å². The van der Waals surface area contributed by atoms with Gasteiger partial charge in [-0.05, 0) is 20.8 Å². The molecule has 0 atom stereocenters. The topological polar surface area (TPSA) is 70.0 Å². The summed E-state index contributed by atoms with van der Waals surface area (Å²) in [6.07, 6.45) is 1.51. The van der Waals surface area contributed by atoms with Crippen molar-refractivity contribution < 1.29 is 4.52 Å². The molecule has 2 rings (SSSR count). The molecule has 0 N–H and O–H groups in total. The van der Waals surface area contributed by atoms with Crippen LogP contribution in [0.25, 0.3) is 0 Å². The highest BCUT2D eigenvalue weighted by molar-refractivity contribution is 5.21. The minimum absolute atomic E-state index is 0.194. The summed E-state index contributed by atoms with van der Waals surface area (Å²) in [5.41, 5.74) is 0.850. The van der Waals surface area contributed by atoms with Crippen molar-refractivity contribution in [2.24, 2.45) is 0 Å². The molecule has 6 heteroatoms. The highest BCUT2D eigenvalue weighted by Crippen LogP contribution is 2.12. The number of nitrogens with zero attached hydrogens (tertiary/aromatic N) is 3. The predicted octanol–water partition coefficient (Wildman–Crippen LogP) is 0.683. The van der Waals surface area contributed by atoms with E-state index in [-0.39, 0.29) is 17.8 Å². The van der Waals surface area contributed by atoms with Gasteiger partial charge in [0.1, 0.15) is 5.76 Å². The summed E-state index contributed by atoms with van der Waals surface area (Å²) in [5.74, 6) is 0.630. The Morgan fingerprint density at radius 3 is 2.61 bits per heavy atom. The van der Waals surface area contributed by atoms with Crippen LogP contribution >= 0.6 is 0 Å². The first kappa shape index (κ1) is 12.3. The summed E-state index contributed by atoms with van der Waals surface area (Å²) in [4.78, 5) is 23.8. The van der Waals surface area contributed by atoms with E-state index in [0.29, 0.717) is 18.0 Å². The smallest absolute Gasteiger partial charge is 0.331 e. The fraction of sp³-hybridized carbons (Fsp3) is 0.417. The zero-order valence-electron chi connectivity index (χ0n) is 10.6. The minimum Gasteiger partial charge on any atom is -0.361 e. The van der Waals surface area contributed by atoms with Crippen molar-refractivity contribution in [1.29, 1.82) is 0 Å². The maximum Gasteiger partial charge on any atom is 0.331 e. The summed E-state index contributed by atoms with van der Waals surface area (Å²) in [6.45, 7) is 6.13. The Hall–Kier alpha value is -2.11. The Kier molecular flexibility index (Phi) is 3.18. The van der Waals surface area contributed by atoms with Gasteiger partial charge in [-0.25, -0.2) is 4.79 Å². The molecule has 0 radical (unpaired) electrons. The van der Waals surface area contributed by atoms with Gasteiger partial charge in [-0.15, -0.1) is 0 Å². The van der Waals surface area contributed by atoms with Crippen LogP contribution in [0.4, 0.5) is 0 Å². The van der Waals surface area contributed by atoms with E-state index in [1.165, 1.54) is 21.4 Å². The van der Waals surface area contributed by atoms with Crippen molar-refractivity contribution >= 4 is 0 Å². The predicted molar refractivity (Wildman–Crippen MR) is 65.7 cm³/mol. The van der Waals surface area contributed by atoms with Crippen LogP contribution in [0.1, 0.15) is 23.9 Å². The summed E-state index contributed by atoms with van der Waals surface area (Å²) >= 11 is 0. The molecule has 0 spiro atoms. The first-order valence-electron chi connectivity index (χ1n) is 5.76. The molecule has 2 aromatic rings. The second-order valence-corrected chi connectivity index (χ2v) is 4.11. The average molecular weight is 249 g/mol. The Labute approximate surface area is 103 Å². The van der Waals surface area contributed by atoms with E-state index in [9.17, 15) is 9.59 Å². The Balaban J connectivity index is 2.53. The van der Waals surface area contributed by atoms with Crippen LogP contribution in [0.3, 0.4) is 0 Å². The van der Waals surface area contributed by atoms with Gasteiger partial charge in [0, 0.05) is 24.4 Å². The van der Waals surface area contributed by atoms with Crippen molar-refractivity contribution in [1.82, 2.24) is 14.3 Å². The lowest BCUT2D eigenvalue weighted by molar-refractivity contribution is 0.391. The summed E-state index contributed by atoms with van der Waals surface area (Å²) in [5, 5.41) is 3.82. The summed E-state index contributed by atoms with van der Waals surface area (Å²) in [7, 11) is 0. The van der Waals surface area contributed by atoms with Crippen LogP contribution < -0.4 is 11.2 Å². The highest BCUT2D eigenvalue weighted by Gasteiger charge is 2.12. The van der Waals surface area contributed by atoms with E-state index >= 15 is 0 Å². The van der Waals surface area contributed by atoms with Gasteiger partial charge in [-0.3, -0.25) is 9.36 Å². The number of aromatic nitrogens is 3. The molecule has 0 fully saturated rings. The molecular formula is C12H15N3O3. The second kappa shape index (κ2) is 4.64. The van der Waals surface area contributed by atoms with Gasteiger partial charge in [-0.2, -0.15) is 0 Å². The van der Waals surface area contributed by atoms with Crippen LogP contribution in [0, 0.1) is 13.8 Å². The third-order valence-electron chi connectivity index (χ3n) is 2.98. The van der Waals surface area contributed by atoms with Gasteiger partial charge in [0.2, 0.25) is 0 Å². The first-order valence-corrected chi connectivity index (χ1v) is 5.76. The Morgan fingerprint density at radius 1 is 1.33 bits per heavy atom. The molecule has 0 saturated heterocycles. The molecule has 18 heavy (non-hydrogen) atoms. The molecule has 0 aliphatic rings. The van der Waals surface area contributed by atoms with E-state index in [0.717, 1.165) is 5.56 Å². The molecule has 0 unspecified atom stereocenters. The van der Waals surface area contributed by atoms with Crippen molar-refractivity contribution in [2.45, 2.75) is 33.9 Å². The number of aryl methyl sites for hydroxylation is 3. The molecule has 0 aliphatic carbocycles. The lowest BCUT2D eigenvalue weighted by Crippen LogP contribution is -2.39. The monoisotopic (exact) mass is 249 g/mol. The Bertz CT molecular complexity index is 659. The molecule has 0 aromatic carbocycles. The number of hydrogen-bond donors (Lipinski definition) is 0. The summed E-state index contributed by atoms with van der Waals surface area (Å²) < 4.78 is 7.71. The van der Waals surface area contributed by atoms with Gasteiger partial charge < -0.3 is 9.09 Å². The molecule has 2 heterocycles. The van der Waals surface area contributed by atoms with Crippen LogP contribution in [-0.2, 0) is 13.1 Å². The number of rotatable bonds is 3. The van der Waals surface area contributed by atoms with Crippen LogP contribution in [0.5, 0.6) is 0 Å². The normalized spacial score (nSPS) is 10.8. The first-order chi connectivity index (χ1) is 8.54.